The van der Waals surface area contributed by atoms with Crippen molar-refractivity contribution in [3.63, 3.8) is 0 Å². The molecule has 0 saturated heterocycles. The van der Waals surface area contributed by atoms with Gasteiger partial charge in [0.05, 0.1) is 19.0 Å². The molecule has 0 atom stereocenters. The molecule has 0 saturated carbocycles. The van der Waals surface area contributed by atoms with Crippen LogP contribution in [0.1, 0.15) is 21.6 Å². The van der Waals surface area contributed by atoms with Crippen molar-refractivity contribution in [1.82, 2.24) is 15.0 Å². The standard InChI is InChI=1S/C29H22FN3O3/c1-35-25-13-6-21(7-14-25)28(34)16-15-27-26-5-3-2-4-20(26)8-17-29(27)36-19-23-18-33(32-31-23)24-11-9-22(30)10-12-24/h2-18H,19H2,1H3/b16-15+. The minimum absolute atomic E-state index is 0.126. The highest BCUT2D eigenvalue weighted by Gasteiger charge is 2.10. The van der Waals surface area contributed by atoms with E-state index in [1.54, 1.807) is 66.5 Å². The van der Waals surface area contributed by atoms with Crippen LogP contribution in [0.3, 0.4) is 0 Å². The zero-order valence-electron chi connectivity index (χ0n) is 19.5. The molecule has 0 fully saturated rings. The zero-order valence-corrected chi connectivity index (χ0v) is 19.5. The average molecular weight is 480 g/mol. The number of fused-ring (bicyclic) bond motifs is 1. The topological polar surface area (TPSA) is 66.2 Å². The molecule has 0 aliphatic heterocycles. The number of halogens is 1. The number of rotatable bonds is 8. The van der Waals surface area contributed by atoms with Crippen LogP contribution in [-0.2, 0) is 6.61 Å². The van der Waals surface area contributed by atoms with Gasteiger partial charge in [-0.2, -0.15) is 0 Å². The van der Waals surface area contributed by atoms with Crippen LogP contribution in [-0.4, -0.2) is 27.9 Å². The number of aromatic nitrogens is 3. The number of carbonyl (C=O) groups excluding carboxylic acids is 1. The summed E-state index contributed by atoms with van der Waals surface area (Å²) < 4.78 is 26.0. The summed E-state index contributed by atoms with van der Waals surface area (Å²) in [5.41, 5.74) is 2.66. The third-order valence-electron chi connectivity index (χ3n) is 5.71. The first kappa shape index (κ1) is 23.0. The van der Waals surface area contributed by atoms with Crippen LogP contribution in [0.15, 0.2) is 97.2 Å². The molecule has 0 aliphatic rings. The smallest absolute Gasteiger partial charge is 0.185 e. The molecule has 178 valence electrons. The Morgan fingerprint density at radius 2 is 1.75 bits per heavy atom. The monoisotopic (exact) mass is 479 g/mol. The molecule has 36 heavy (non-hydrogen) atoms. The van der Waals surface area contributed by atoms with Crippen molar-refractivity contribution in [2.75, 3.05) is 7.11 Å². The maximum atomic E-state index is 13.2. The summed E-state index contributed by atoms with van der Waals surface area (Å²) in [5.74, 6) is 0.865. The number of methoxy groups -OCH3 is 1. The molecule has 7 heteroatoms. The van der Waals surface area contributed by atoms with E-state index in [0.717, 1.165) is 16.3 Å². The van der Waals surface area contributed by atoms with Gasteiger partial charge >= 0.3 is 0 Å². The minimum Gasteiger partial charge on any atom is -0.497 e. The van der Waals surface area contributed by atoms with E-state index in [2.05, 4.69) is 10.3 Å². The predicted molar refractivity (Wildman–Crippen MR) is 136 cm³/mol. The molecule has 0 radical (unpaired) electrons. The second-order valence-corrected chi connectivity index (χ2v) is 8.04. The van der Waals surface area contributed by atoms with Crippen LogP contribution >= 0.6 is 0 Å². The Labute approximate surface area is 207 Å². The van der Waals surface area contributed by atoms with Crippen molar-refractivity contribution in [2.45, 2.75) is 6.61 Å². The van der Waals surface area contributed by atoms with E-state index in [1.165, 1.54) is 12.1 Å². The van der Waals surface area contributed by atoms with Crippen molar-refractivity contribution < 1.29 is 18.7 Å². The molecule has 0 bridgehead atoms. The number of hydrogen-bond acceptors (Lipinski definition) is 5. The SMILES string of the molecule is COc1ccc(C(=O)/C=C/c2c(OCc3cn(-c4ccc(F)cc4)nn3)ccc3ccccc23)cc1. The summed E-state index contributed by atoms with van der Waals surface area (Å²) in [6.45, 7) is 0.173. The first-order valence-corrected chi connectivity index (χ1v) is 11.3. The summed E-state index contributed by atoms with van der Waals surface area (Å²) in [7, 11) is 1.59. The number of nitrogens with zero attached hydrogens (tertiary/aromatic N) is 3. The Hall–Kier alpha value is -4.78. The molecule has 0 aliphatic carbocycles. The maximum absolute atomic E-state index is 13.2. The fourth-order valence-electron chi connectivity index (χ4n) is 3.82. The zero-order chi connectivity index (χ0) is 24.9. The summed E-state index contributed by atoms with van der Waals surface area (Å²) in [5, 5.41) is 10.3. The van der Waals surface area contributed by atoms with Crippen molar-refractivity contribution in [2.24, 2.45) is 0 Å². The molecule has 1 heterocycles. The summed E-state index contributed by atoms with van der Waals surface area (Å²) in [4.78, 5) is 12.8. The van der Waals surface area contributed by atoms with Crippen molar-refractivity contribution in [3.05, 3.63) is 120 Å². The first-order valence-electron chi connectivity index (χ1n) is 11.3. The van der Waals surface area contributed by atoms with E-state index < -0.39 is 0 Å². The van der Waals surface area contributed by atoms with Gasteiger partial charge in [-0.05, 0) is 77.5 Å². The van der Waals surface area contributed by atoms with E-state index >= 15 is 0 Å². The van der Waals surface area contributed by atoms with E-state index in [1.807, 2.05) is 36.4 Å². The van der Waals surface area contributed by atoms with Crippen LogP contribution in [0.25, 0.3) is 22.5 Å². The third kappa shape index (κ3) is 5.00. The normalized spacial score (nSPS) is 11.2. The largest absolute Gasteiger partial charge is 0.497 e. The highest BCUT2D eigenvalue weighted by molar-refractivity contribution is 6.08. The van der Waals surface area contributed by atoms with Crippen molar-refractivity contribution in [3.8, 4) is 17.2 Å². The highest BCUT2D eigenvalue weighted by atomic mass is 19.1. The first-order chi connectivity index (χ1) is 17.6. The molecule has 0 N–H and O–H groups in total. The second-order valence-electron chi connectivity index (χ2n) is 8.04. The van der Waals surface area contributed by atoms with Crippen molar-refractivity contribution in [1.29, 1.82) is 0 Å². The van der Waals surface area contributed by atoms with Crippen molar-refractivity contribution >= 4 is 22.6 Å². The Balaban J connectivity index is 1.39. The fraction of sp³-hybridized carbons (Fsp3) is 0.0690. The van der Waals surface area contributed by atoms with Gasteiger partial charge in [-0.15, -0.1) is 5.10 Å². The molecule has 1 aromatic heterocycles. The Morgan fingerprint density at radius 3 is 2.53 bits per heavy atom. The molecule has 6 nitrogen and oxygen atoms in total. The number of benzene rings is 4. The molecule has 5 aromatic rings. The third-order valence-corrected chi connectivity index (χ3v) is 5.71. The van der Waals surface area contributed by atoms with Crippen LogP contribution in [0.5, 0.6) is 11.5 Å². The molecule has 5 rings (SSSR count). The second kappa shape index (κ2) is 10.2. The average Bonchev–Trinajstić information content (AvgIpc) is 3.40. The van der Waals surface area contributed by atoms with Gasteiger partial charge < -0.3 is 9.47 Å². The Morgan fingerprint density at radius 1 is 0.972 bits per heavy atom. The van der Waals surface area contributed by atoms with E-state index in [9.17, 15) is 9.18 Å². The van der Waals surface area contributed by atoms with Crippen LogP contribution < -0.4 is 9.47 Å². The molecule has 4 aromatic carbocycles. The van der Waals surface area contributed by atoms with Gasteiger partial charge in [-0.1, -0.05) is 35.5 Å². The Bertz CT molecular complexity index is 1540. The Kier molecular flexibility index (Phi) is 6.53. The lowest BCUT2D eigenvalue weighted by atomic mass is 10.0. The summed E-state index contributed by atoms with van der Waals surface area (Å²) in [6.07, 6.45) is 5.05. The van der Waals surface area contributed by atoms with Gasteiger partial charge in [0.1, 0.15) is 29.6 Å². The van der Waals surface area contributed by atoms with Crippen LogP contribution in [0.4, 0.5) is 4.39 Å². The van der Waals surface area contributed by atoms with Crippen LogP contribution in [0.2, 0.25) is 0 Å². The fourth-order valence-corrected chi connectivity index (χ4v) is 3.82. The van der Waals surface area contributed by atoms with Gasteiger partial charge in [0.2, 0.25) is 0 Å². The predicted octanol–water partition coefficient (Wildman–Crippen LogP) is 6.04. The van der Waals surface area contributed by atoms with Gasteiger partial charge in [0.15, 0.2) is 5.78 Å². The van der Waals surface area contributed by atoms with Gasteiger partial charge in [-0.25, -0.2) is 9.07 Å². The number of hydrogen-bond donors (Lipinski definition) is 0. The van der Waals surface area contributed by atoms with E-state index in [0.29, 0.717) is 28.4 Å². The van der Waals surface area contributed by atoms with Gasteiger partial charge in [-0.3, -0.25) is 4.79 Å². The lowest BCUT2D eigenvalue weighted by molar-refractivity contribution is 0.104. The summed E-state index contributed by atoms with van der Waals surface area (Å²) in [6, 6.07) is 24.7. The van der Waals surface area contributed by atoms with E-state index in [4.69, 9.17) is 9.47 Å². The summed E-state index contributed by atoms with van der Waals surface area (Å²) >= 11 is 0. The minimum atomic E-state index is -0.315. The van der Waals surface area contributed by atoms with Gasteiger partial charge in [0, 0.05) is 11.1 Å². The molecule has 0 spiro atoms. The number of allylic oxidation sites excluding steroid dienone is 1. The number of ether oxygens (including phenoxy) is 2. The van der Waals surface area contributed by atoms with E-state index in [-0.39, 0.29) is 18.2 Å². The molecule has 0 unspecified atom stereocenters. The maximum Gasteiger partial charge on any atom is 0.185 e. The van der Waals surface area contributed by atoms with Gasteiger partial charge in [0.25, 0.3) is 0 Å². The number of ketones is 1. The lowest BCUT2D eigenvalue weighted by Gasteiger charge is -2.11. The molecule has 0 amide bonds. The van der Waals surface area contributed by atoms with Crippen LogP contribution in [0, 0.1) is 5.82 Å². The molecular formula is C29H22FN3O3. The quantitative estimate of drug-likeness (QED) is 0.200. The number of carbonyl (C=O) groups is 1. The highest BCUT2D eigenvalue weighted by Crippen LogP contribution is 2.30. The molecular weight excluding hydrogens is 457 g/mol. The lowest BCUT2D eigenvalue weighted by Crippen LogP contribution is -1.99.